The molecular weight excluding hydrogens is 536 g/mol. The maximum absolute atomic E-state index is 13.5. The summed E-state index contributed by atoms with van der Waals surface area (Å²) in [6.07, 6.45) is -0.414. The van der Waals surface area contributed by atoms with Crippen molar-refractivity contribution in [1.82, 2.24) is 8.61 Å². The Morgan fingerprint density at radius 1 is 0.795 bits per heavy atom. The van der Waals surface area contributed by atoms with E-state index >= 15 is 0 Å². The topological polar surface area (TPSA) is 93.2 Å². The van der Waals surface area contributed by atoms with Crippen molar-refractivity contribution in [1.29, 1.82) is 0 Å². The van der Waals surface area contributed by atoms with E-state index in [0.29, 0.717) is 17.9 Å². The summed E-state index contributed by atoms with van der Waals surface area (Å²) < 4.78 is 66.1. The SMILES string of the molecule is CCOC(C)Oc1ccc(CN(CC#CN(C)S(=O)(=O)c2ccc(C)cc2)S(=O)(=O)c2ccc(C)cc2)cc1. The van der Waals surface area contributed by atoms with Gasteiger partial charge in [0.1, 0.15) is 5.75 Å². The predicted octanol–water partition coefficient (Wildman–Crippen LogP) is 4.54. The van der Waals surface area contributed by atoms with Crippen LogP contribution in [0.2, 0.25) is 0 Å². The van der Waals surface area contributed by atoms with Gasteiger partial charge in [-0.2, -0.15) is 4.31 Å². The molecule has 0 fully saturated rings. The van der Waals surface area contributed by atoms with Gasteiger partial charge in [-0.1, -0.05) is 53.4 Å². The van der Waals surface area contributed by atoms with Gasteiger partial charge < -0.3 is 9.47 Å². The first-order valence-corrected chi connectivity index (χ1v) is 15.3. The van der Waals surface area contributed by atoms with Crippen LogP contribution < -0.4 is 4.74 Å². The highest BCUT2D eigenvalue weighted by Gasteiger charge is 2.24. The minimum atomic E-state index is -3.93. The fraction of sp³-hybridized carbons (Fsp3) is 0.310. The minimum Gasteiger partial charge on any atom is -0.465 e. The van der Waals surface area contributed by atoms with E-state index in [4.69, 9.17) is 9.47 Å². The van der Waals surface area contributed by atoms with Crippen molar-refractivity contribution < 1.29 is 26.3 Å². The third-order valence-electron chi connectivity index (χ3n) is 5.82. The second-order valence-corrected chi connectivity index (χ2v) is 12.9. The van der Waals surface area contributed by atoms with E-state index in [1.165, 1.54) is 23.5 Å². The summed E-state index contributed by atoms with van der Waals surface area (Å²) in [7, 11) is -6.45. The van der Waals surface area contributed by atoms with Gasteiger partial charge in [-0.3, -0.25) is 0 Å². The number of ether oxygens (including phenoxy) is 2. The molecule has 0 spiro atoms. The number of aryl methyl sites for hydroxylation is 2. The maximum atomic E-state index is 13.5. The molecule has 1 unspecified atom stereocenters. The van der Waals surface area contributed by atoms with Gasteiger partial charge in [0.2, 0.25) is 10.0 Å². The molecule has 10 heteroatoms. The van der Waals surface area contributed by atoms with E-state index in [1.54, 1.807) is 67.6 Å². The number of rotatable bonds is 11. The standard InChI is InChI=1S/C29H34N2O6S2/c1-6-36-25(4)37-27-14-12-26(13-15-27)22-31(39(34,35)29-18-10-24(3)11-19-29)21-7-20-30(5)38(32,33)28-16-8-23(2)9-17-28/h8-19,25H,6,21-22H2,1-5H3. The van der Waals surface area contributed by atoms with Crippen LogP contribution in [0, 0.1) is 25.8 Å². The van der Waals surface area contributed by atoms with E-state index in [9.17, 15) is 16.8 Å². The van der Waals surface area contributed by atoms with Crippen LogP contribution in [0.25, 0.3) is 0 Å². The summed E-state index contributed by atoms with van der Waals surface area (Å²) in [5.41, 5.74) is 2.58. The van der Waals surface area contributed by atoms with Gasteiger partial charge in [0, 0.05) is 26.2 Å². The second-order valence-electron chi connectivity index (χ2n) is 8.95. The predicted molar refractivity (Wildman–Crippen MR) is 151 cm³/mol. The molecule has 3 aromatic rings. The third kappa shape index (κ3) is 8.07. The Morgan fingerprint density at radius 3 is 1.82 bits per heavy atom. The molecule has 0 aliphatic heterocycles. The van der Waals surface area contributed by atoms with Gasteiger partial charge in [0.05, 0.1) is 16.3 Å². The number of benzene rings is 3. The van der Waals surface area contributed by atoms with Crippen LogP contribution in [0.3, 0.4) is 0 Å². The summed E-state index contributed by atoms with van der Waals surface area (Å²) >= 11 is 0. The summed E-state index contributed by atoms with van der Waals surface area (Å²) in [5, 5.41) is 0. The lowest BCUT2D eigenvalue weighted by molar-refractivity contribution is -0.0613. The molecule has 3 rings (SSSR count). The van der Waals surface area contributed by atoms with Crippen LogP contribution in [0.15, 0.2) is 82.6 Å². The molecule has 3 aromatic carbocycles. The van der Waals surface area contributed by atoms with Crippen LogP contribution in [0.5, 0.6) is 5.75 Å². The minimum absolute atomic E-state index is 0.0284. The molecule has 0 amide bonds. The van der Waals surface area contributed by atoms with Gasteiger partial charge in [0.25, 0.3) is 10.0 Å². The first-order chi connectivity index (χ1) is 18.4. The molecule has 208 valence electrons. The van der Waals surface area contributed by atoms with Crippen LogP contribution in [-0.4, -0.2) is 51.9 Å². The average Bonchev–Trinajstić information content (AvgIpc) is 2.89. The number of hydrogen-bond acceptors (Lipinski definition) is 6. The first kappa shape index (κ1) is 30.2. The van der Waals surface area contributed by atoms with Crippen molar-refractivity contribution >= 4 is 20.0 Å². The zero-order valence-electron chi connectivity index (χ0n) is 22.8. The Labute approximate surface area is 232 Å². The molecule has 0 radical (unpaired) electrons. The zero-order valence-corrected chi connectivity index (χ0v) is 24.4. The largest absolute Gasteiger partial charge is 0.465 e. The fourth-order valence-electron chi connectivity index (χ4n) is 3.59. The van der Waals surface area contributed by atoms with E-state index in [-0.39, 0.29) is 22.9 Å². The van der Waals surface area contributed by atoms with Crippen LogP contribution in [0.1, 0.15) is 30.5 Å². The molecule has 39 heavy (non-hydrogen) atoms. The molecule has 0 saturated heterocycles. The Hall–Kier alpha value is -3.36. The highest BCUT2D eigenvalue weighted by molar-refractivity contribution is 7.89. The smallest absolute Gasteiger partial charge is 0.270 e. The Bertz CT molecular complexity index is 1510. The molecule has 0 aromatic heterocycles. The Morgan fingerprint density at radius 2 is 1.31 bits per heavy atom. The fourth-order valence-corrected chi connectivity index (χ4v) is 5.90. The maximum Gasteiger partial charge on any atom is 0.270 e. The molecular formula is C29H34N2O6S2. The van der Waals surface area contributed by atoms with Gasteiger partial charge in [-0.15, -0.1) is 0 Å². The lowest BCUT2D eigenvalue weighted by Gasteiger charge is -2.21. The van der Waals surface area contributed by atoms with Gasteiger partial charge in [-0.05, 0) is 69.7 Å². The first-order valence-electron chi connectivity index (χ1n) is 12.4. The molecule has 8 nitrogen and oxygen atoms in total. The van der Waals surface area contributed by atoms with Crippen LogP contribution in [0.4, 0.5) is 0 Å². The number of hydrogen-bond donors (Lipinski definition) is 0. The number of sulfonamides is 2. The van der Waals surface area contributed by atoms with Crippen molar-refractivity contribution in [3.63, 3.8) is 0 Å². The van der Waals surface area contributed by atoms with Crippen molar-refractivity contribution in [2.75, 3.05) is 20.2 Å². The highest BCUT2D eigenvalue weighted by Crippen LogP contribution is 2.21. The lowest BCUT2D eigenvalue weighted by atomic mass is 10.2. The summed E-state index contributed by atoms with van der Waals surface area (Å²) in [5.74, 6) is 3.33. The average molecular weight is 571 g/mol. The quantitative estimate of drug-likeness (QED) is 0.191. The molecule has 1 atom stereocenters. The van der Waals surface area contributed by atoms with Crippen molar-refractivity contribution in [3.8, 4) is 17.7 Å². The van der Waals surface area contributed by atoms with Gasteiger partial charge >= 0.3 is 0 Å². The van der Waals surface area contributed by atoms with E-state index in [0.717, 1.165) is 15.4 Å². The zero-order chi connectivity index (χ0) is 28.6. The van der Waals surface area contributed by atoms with Crippen molar-refractivity contribution in [3.05, 3.63) is 89.5 Å². The lowest BCUT2D eigenvalue weighted by Crippen LogP contribution is -2.31. The van der Waals surface area contributed by atoms with Gasteiger partial charge in [-0.25, -0.2) is 21.1 Å². The third-order valence-corrected chi connectivity index (χ3v) is 9.30. The summed E-state index contributed by atoms with van der Waals surface area (Å²) in [6.45, 7) is 7.75. The Kier molecular flexibility index (Phi) is 10.2. The second kappa shape index (κ2) is 13.1. The van der Waals surface area contributed by atoms with E-state index in [2.05, 4.69) is 12.0 Å². The van der Waals surface area contributed by atoms with Gasteiger partial charge in [0.15, 0.2) is 6.29 Å². The normalized spacial score (nSPS) is 12.5. The van der Waals surface area contributed by atoms with E-state index < -0.39 is 26.3 Å². The molecule has 0 heterocycles. The number of nitrogens with zero attached hydrogens (tertiary/aromatic N) is 2. The molecule has 0 aliphatic rings. The highest BCUT2D eigenvalue weighted by atomic mass is 32.2. The van der Waals surface area contributed by atoms with E-state index in [1.807, 2.05) is 20.8 Å². The Balaban J connectivity index is 1.85. The van der Waals surface area contributed by atoms with Crippen molar-refractivity contribution in [2.24, 2.45) is 0 Å². The van der Waals surface area contributed by atoms with Crippen LogP contribution in [-0.2, 0) is 31.3 Å². The summed E-state index contributed by atoms with van der Waals surface area (Å²) in [4.78, 5) is 0.232. The molecule has 0 N–H and O–H groups in total. The molecule has 0 aliphatic carbocycles. The molecule has 0 saturated carbocycles. The summed E-state index contributed by atoms with van der Waals surface area (Å²) in [6, 6.07) is 22.6. The van der Waals surface area contributed by atoms with Crippen molar-refractivity contribution in [2.45, 2.75) is 50.3 Å². The monoisotopic (exact) mass is 570 g/mol. The van der Waals surface area contributed by atoms with Crippen LogP contribution >= 0.6 is 0 Å². The molecule has 0 bridgehead atoms.